The van der Waals surface area contributed by atoms with Crippen molar-refractivity contribution in [1.82, 2.24) is 5.32 Å². The molecular formula is C27H37NO4. The standard InChI is InChI=1S/C27H37NO4/c1-16(29)21-8-9-22-20-7-6-19-14-18(15-24(25(31)32-5)28-17(2)30)10-12-26(19,3)23(20)11-13-27(21,22)4/h6,14-15,20-23H,7-13H2,1-5H3,(H,28,30)/b24-15+/t20-,21+,22-,23-,26-,27+/m0/s1. The summed E-state index contributed by atoms with van der Waals surface area (Å²) in [5.41, 5.74) is 2.92. The summed E-state index contributed by atoms with van der Waals surface area (Å²) in [5, 5.41) is 2.61. The van der Waals surface area contributed by atoms with E-state index in [4.69, 9.17) is 4.74 Å². The van der Waals surface area contributed by atoms with E-state index < -0.39 is 5.97 Å². The van der Waals surface area contributed by atoms with E-state index in [1.165, 1.54) is 32.4 Å². The van der Waals surface area contributed by atoms with Crippen LogP contribution in [0, 0.1) is 34.5 Å². The van der Waals surface area contributed by atoms with Crippen LogP contribution in [-0.4, -0.2) is 24.8 Å². The monoisotopic (exact) mass is 439 g/mol. The number of esters is 1. The number of rotatable bonds is 4. The van der Waals surface area contributed by atoms with Crippen molar-refractivity contribution in [2.45, 2.75) is 72.6 Å². The minimum Gasteiger partial charge on any atom is -0.464 e. The van der Waals surface area contributed by atoms with Crippen molar-refractivity contribution in [3.63, 3.8) is 0 Å². The highest BCUT2D eigenvalue weighted by molar-refractivity contribution is 5.93. The maximum absolute atomic E-state index is 12.3. The molecule has 0 spiro atoms. The van der Waals surface area contributed by atoms with Crippen LogP contribution in [0.4, 0.5) is 0 Å². The Balaban J connectivity index is 1.62. The van der Waals surface area contributed by atoms with Crippen LogP contribution in [0.25, 0.3) is 0 Å². The summed E-state index contributed by atoms with van der Waals surface area (Å²) < 4.78 is 4.84. The number of allylic oxidation sites excluding steroid dienone is 5. The Morgan fingerprint density at radius 1 is 1.09 bits per heavy atom. The van der Waals surface area contributed by atoms with Crippen LogP contribution in [0.15, 0.2) is 35.1 Å². The number of nitrogens with one attached hydrogen (secondary N) is 1. The zero-order valence-electron chi connectivity index (χ0n) is 20.1. The summed E-state index contributed by atoms with van der Waals surface area (Å²) in [4.78, 5) is 36.0. The topological polar surface area (TPSA) is 72.5 Å². The van der Waals surface area contributed by atoms with Crippen molar-refractivity contribution < 1.29 is 19.1 Å². The first kappa shape index (κ1) is 23.0. The van der Waals surface area contributed by atoms with Gasteiger partial charge >= 0.3 is 5.97 Å². The van der Waals surface area contributed by atoms with Gasteiger partial charge in [-0.25, -0.2) is 4.79 Å². The average Bonchev–Trinajstić information content (AvgIpc) is 3.10. The van der Waals surface area contributed by atoms with Gasteiger partial charge in [0, 0.05) is 12.8 Å². The number of fused-ring (bicyclic) bond motifs is 5. The summed E-state index contributed by atoms with van der Waals surface area (Å²) in [5.74, 6) is 1.74. The number of carbonyl (C=O) groups excluding carboxylic acids is 3. The Morgan fingerprint density at radius 2 is 1.84 bits per heavy atom. The molecule has 0 aromatic carbocycles. The second-order valence-corrected chi connectivity index (χ2v) is 10.9. The number of Topliss-reactive ketones (excluding diaryl/α,β-unsaturated/α-hetero) is 1. The summed E-state index contributed by atoms with van der Waals surface area (Å²) in [7, 11) is 1.32. The molecule has 5 heteroatoms. The van der Waals surface area contributed by atoms with E-state index in [9.17, 15) is 14.4 Å². The smallest absolute Gasteiger partial charge is 0.354 e. The second kappa shape index (κ2) is 8.31. The van der Waals surface area contributed by atoms with E-state index in [0.29, 0.717) is 23.5 Å². The molecule has 0 aromatic rings. The molecule has 174 valence electrons. The molecule has 0 aromatic heterocycles. The van der Waals surface area contributed by atoms with E-state index in [1.54, 1.807) is 13.0 Å². The highest BCUT2D eigenvalue weighted by Crippen LogP contribution is 2.66. The summed E-state index contributed by atoms with van der Waals surface area (Å²) in [6, 6.07) is 0. The number of carbonyl (C=O) groups is 3. The Labute approximate surface area is 191 Å². The van der Waals surface area contributed by atoms with Crippen LogP contribution < -0.4 is 5.32 Å². The number of hydrogen-bond donors (Lipinski definition) is 1. The van der Waals surface area contributed by atoms with E-state index in [-0.39, 0.29) is 28.4 Å². The predicted molar refractivity (Wildman–Crippen MR) is 123 cm³/mol. The number of methoxy groups -OCH3 is 1. The minimum atomic E-state index is -0.528. The van der Waals surface area contributed by atoms with Gasteiger partial charge in [0.25, 0.3) is 0 Å². The molecule has 6 atom stereocenters. The van der Waals surface area contributed by atoms with Gasteiger partial charge < -0.3 is 10.1 Å². The molecule has 2 saturated carbocycles. The molecule has 0 unspecified atom stereocenters. The normalized spacial score (nSPS) is 38.5. The Bertz CT molecular complexity index is 928. The van der Waals surface area contributed by atoms with Crippen molar-refractivity contribution in [2.24, 2.45) is 34.5 Å². The first-order chi connectivity index (χ1) is 15.1. The van der Waals surface area contributed by atoms with Gasteiger partial charge in [-0.05, 0) is 97.7 Å². The third-order valence-corrected chi connectivity index (χ3v) is 9.34. The SMILES string of the molecule is COC(=O)/C(=C\C1=CC2=CC[C@H]3[C@@H]4CC[C@H](C(C)=O)[C@@]4(C)CC[C@@H]3[C@@]2(C)CC1)NC(C)=O. The minimum absolute atomic E-state index is 0.134. The first-order valence-electron chi connectivity index (χ1n) is 12.1. The maximum atomic E-state index is 12.3. The van der Waals surface area contributed by atoms with Gasteiger partial charge in [0.2, 0.25) is 5.91 Å². The van der Waals surface area contributed by atoms with E-state index in [2.05, 4.69) is 31.3 Å². The van der Waals surface area contributed by atoms with Gasteiger partial charge in [0.05, 0.1) is 7.11 Å². The quantitative estimate of drug-likeness (QED) is 0.500. The van der Waals surface area contributed by atoms with Crippen molar-refractivity contribution in [2.75, 3.05) is 7.11 Å². The summed E-state index contributed by atoms with van der Waals surface area (Å²) in [6.07, 6.45) is 14.0. The van der Waals surface area contributed by atoms with Gasteiger partial charge in [-0.1, -0.05) is 26.0 Å². The van der Waals surface area contributed by atoms with Crippen LogP contribution in [0.3, 0.4) is 0 Å². The largest absolute Gasteiger partial charge is 0.464 e. The van der Waals surface area contributed by atoms with Crippen molar-refractivity contribution >= 4 is 17.7 Å². The van der Waals surface area contributed by atoms with E-state index >= 15 is 0 Å². The molecule has 2 fully saturated rings. The third kappa shape index (κ3) is 3.68. The number of amides is 1. The first-order valence-corrected chi connectivity index (χ1v) is 12.1. The van der Waals surface area contributed by atoms with E-state index in [0.717, 1.165) is 37.7 Å². The van der Waals surface area contributed by atoms with Crippen LogP contribution in [0.5, 0.6) is 0 Å². The lowest BCUT2D eigenvalue weighted by Crippen LogP contribution is -2.49. The van der Waals surface area contributed by atoms with Crippen LogP contribution in [-0.2, 0) is 19.1 Å². The molecule has 0 radical (unpaired) electrons. The van der Waals surface area contributed by atoms with Crippen LogP contribution >= 0.6 is 0 Å². The maximum Gasteiger partial charge on any atom is 0.354 e. The predicted octanol–water partition coefficient (Wildman–Crippen LogP) is 4.88. The molecule has 4 aliphatic carbocycles. The average molecular weight is 440 g/mol. The van der Waals surface area contributed by atoms with Crippen molar-refractivity contribution in [1.29, 1.82) is 0 Å². The van der Waals surface area contributed by atoms with Crippen LogP contribution in [0.2, 0.25) is 0 Å². The van der Waals surface area contributed by atoms with Crippen LogP contribution in [0.1, 0.15) is 72.6 Å². The highest BCUT2D eigenvalue weighted by Gasteiger charge is 2.58. The zero-order chi connectivity index (χ0) is 23.3. The number of ketones is 1. The third-order valence-electron chi connectivity index (χ3n) is 9.34. The fourth-order valence-corrected chi connectivity index (χ4v) is 7.76. The van der Waals surface area contributed by atoms with Gasteiger partial charge in [-0.3, -0.25) is 9.59 Å². The molecule has 5 nitrogen and oxygen atoms in total. The highest BCUT2D eigenvalue weighted by atomic mass is 16.5. The molecule has 0 aliphatic heterocycles. The fraction of sp³-hybridized carbons (Fsp3) is 0.667. The van der Waals surface area contributed by atoms with Gasteiger partial charge in [0.15, 0.2) is 0 Å². The lowest BCUT2D eigenvalue weighted by molar-refractivity contribution is -0.137. The number of ether oxygens (including phenoxy) is 1. The zero-order valence-corrected chi connectivity index (χ0v) is 20.1. The number of hydrogen-bond acceptors (Lipinski definition) is 4. The molecule has 1 amide bonds. The molecule has 0 bridgehead atoms. The Kier molecular flexibility index (Phi) is 5.98. The van der Waals surface area contributed by atoms with Crippen molar-refractivity contribution in [3.05, 3.63) is 35.1 Å². The Morgan fingerprint density at radius 3 is 2.50 bits per heavy atom. The molecule has 4 aliphatic rings. The summed E-state index contributed by atoms with van der Waals surface area (Å²) >= 11 is 0. The molecular weight excluding hydrogens is 402 g/mol. The van der Waals surface area contributed by atoms with Gasteiger partial charge in [-0.2, -0.15) is 0 Å². The fourth-order valence-electron chi connectivity index (χ4n) is 7.76. The molecule has 4 rings (SSSR count). The molecule has 0 saturated heterocycles. The van der Waals surface area contributed by atoms with Gasteiger partial charge in [-0.15, -0.1) is 0 Å². The van der Waals surface area contributed by atoms with Crippen molar-refractivity contribution in [3.8, 4) is 0 Å². The second-order valence-electron chi connectivity index (χ2n) is 10.9. The lowest BCUT2D eigenvalue weighted by atomic mass is 9.47. The molecule has 0 heterocycles. The molecule has 1 N–H and O–H groups in total. The lowest BCUT2D eigenvalue weighted by Gasteiger charge is -2.57. The van der Waals surface area contributed by atoms with E-state index in [1.807, 2.05) is 0 Å². The Hall–Kier alpha value is -2.17. The molecule has 32 heavy (non-hydrogen) atoms. The summed E-state index contributed by atoms with van der Waals surface area (Å²) in [6.45, 7) is 7.98. The van der Waals surface area contributed by atoms with Gasteiger partial charge in [0.1, 0.15) is 11.5 Å².